The number of halogens is 1. The predicted molar refractivity (Wildman–Crippen MR) is 206 cm³/mol. The Balaban J connectivity index is 0.000000331. The van der Waals surface area contributed by atoms with Crippen molar-refractivity contribution < 1.29 is 19.1 Å². The van der Waals surface area contributed by atoms with Gasteiger partial charge < -0.3 is 25.5 Å². The first-order valence-corrected chi connectivity index (χ1v) is 17.6. The van der Waals surface area contributed by atoms with Crippen LogP contribution in [0.25, 0.3) is 5.57 Å². The van der Waals surface area contributed by atoms with Crippen molar-refractivity contribution in [3.63, 3.8) is 0 Å². The van der Waals surface area contributed by atoms with E-state index in [4.69, 9.17) is 26.5 Å². The second-order valence-electron chi connectivity index (χ2n) is 13.5. The molecule has 0 spiro atoms. The molecule has 1 fully saturated rings. The van der Waals surface area contributed by atoms with E-state index >= 15 is 0 Å². The van der Waals surface area contributed by atoms with Crippen molar-refractivity contribution in [2.45, 2.75) is 99.3 Å². The fraction of sp³-hybridized carbons (Fsp3) is 0.390. The van der Waals surface area contributed by atoms with E-state index in [1.807, 2.05) is 0 Å². The third kappa shape index (κ3) is 12.5. The molecule has 3 aromatic rings. The molecule has 0 saturated carbocycles. The molecule has 0 aliphatic carbocycles. The minimum atomic E-state index is -0.666. The summed E-state index contributed by atoms with van der Waals surface area (Å²) < 4.78 is 11.0. The molecule has 0 bridgehead atoms. The Hall–Kier alpha value is -4.40. The standard InChI is InChI=1S/C24H35ClN4O4.C17H18/c1-14(2)22(29-23(31)33-24(4,5)6)28-19(30)13-16-17(25)10-11-18(21(16)15(3)26)27-20-9-7-8-12-32-20;1-3-14(2)17(15-10-6-4-7-11-15)16-12-8-5-9-13-16/h10-11,20,26-27H,7-9,12-13H2,1-6H3,(H,28,30)(H,29,31);4-13H,3H2,1-2H3. The summed E-state index contributed by atoms with van der Waals surface area (Å²) >= 11 is 6.45. The minimum Gasteiger partial charge on any atom is -0.444 e. The molecule has 268 valence electrons. The summed E-state index contributed by atoms with van der Waals surface area (Å²) in [6.07, 6.45) is 3.18. The zero-order valence-corrected chi connectivity index (χ0v) is 31.5. The van der Waals surface area contributed by atoms with Gasteiger partial charge in [0.25, 0.3) is 0 Å². The fourth-order valence-corrected chi connectivity index (χ4v) is 5.67. The molecule has 1 aliphatic heterocycles. The number of ether oxygens (including phenoxy) is 2. The highest BCUT2D eigenvalue weighted by molar-refractivity contribution is 6.32. The lowest BCUT2D eigenvalue weighted by Crippen LogP contribution is -2.39. The van der Waals surface area contributed by atoms with E-state index in [2.05, 4.69) is 90.5 Å². The van der Waals surface area contributed by atoms with E-state index in [1.54, 1.807) is 53.7 Å². The Labute approximate surface area is 303 Å². The van der Waals surface area contributed by atoms with Gasteiger partial charge in [0.15, 0.2) is 0 Å². The topological polar surface area (TPSA) is 113 Å². The number of amides is 2. The van der Waals surface area contributed by atoms with Gasteiger partial charge in [-0.1, -0.05) is 84.8 Å². The summed E-state index contributed by atoms with van der Waals surface area (Å²) in [4.78, 5) is 25.1. The number of hydrogen-bond donors (Lipinski definition) is 4. The average Bonchev–Trinajstić information content (AvgIpc) is 3.06. The molecule has 9 heteroatoms. The number of carbonyl (C=O) groups is 2. The van der Waals surface area contributed by atoms with Gasteiger partial charge in [-0.05, 0) is 114 Å². The molecule has 0 radical (unpaired) electrons. The summed E-state index contributed by atoms with van der Waals surface area (Å²) in [6, 6.07) is 24.8. The zero-order chi connectivity index (χ0) is 36.8. The van der Waals surface area contributed by atoms with Crippen LogP contribution >= 0.6 is 11.6 Å². The third-order valence-electron chi connectivity index (χ3n) is 7.94. The van der Waals surface area contributed by atoms with Crippen LogP contribution in [-0.2, 0) is 20.7 Å². The molecule has 0 aromatic heterocycles. The Kier molecular flexibility index (Phi) is 15.3. The van der Waals surface area contributed by atoms with Crippen molar-refractivity contribution in [1.29, 1.82) is 5.41 Å². The molecule has 4 N–H and O–H groups in total. The first-order chi connectivity index (χ1) is 23.7. The van der Waals surface area contributed by atoms with Crippen LogP contribution in [0, 0.1) is 5.41 Å². The van der Waals surface area contributed by atoms with Crippen LogP contribution < -0.4 is 16.0 Å². The van der Waals surface area contributed by atoms with Crippen molar-refractivity contribution in [1.82, 2.24) is 10.6 Å². The van der Waals surface area contributed by atoms with Crippen molar-refractivity contribution in [2.75, 3.05) is 11.9 Å². The van der Waals surface area contributed by atoms with Gasteiger partial charge >= 0.3 is 6.09 Å². The molecular weight excluding hydrogens is 648 g/mol. The van der Waals surface area contributed by atoms with Gasteiger partial charge in [-0.2, -0.15) is 0 Å². The lowest BCUT2D eigenvalue weighted by Gasteiger charge is -2.26. The second-order valence-corrected chi connectivity index (χ2v) is 13.9. The number of allylic oxidation sites excluding steroid dienone is 2. The molecule has 3 aromatic carbocycles. The summed E-state index contributed by atoms with van der Waals surface area (Å²) in [7, 11) is 0. The molecule has 1 atom stereocenters. The number of alkyl carbamates (subject to hydrolysis) is 1. The summed E-state index contributed by atoms with van der Waals surface area (Å²) in [5, 5.41) is 17.4. The maximum Gasteiger partial charge on any atom is 0.413 e. The SMILES string of the molecule is CC(=N)c1c(NC2CCCCO2)ccc(Cl)c1CC(=O)NC(NC(=O)OC(C)(C)C)=C(C)C.CCC(C)=C(c1ccccc1)c1ccccc1. The number of benzene rings is 3. The molecule has 8 nitrogen and oxygen atoms in total. The van der Waals surface area contributed by atoms with Crippen LogP contribution in [0.5, 0.6) is 0 Å². The predicted octanol–water partition coefficient (Wildman–Crippen LogP) is 10.0. The van der Waals surface area contributed by atoms with Gasteiger partial charge in [-0.25, -0.2) is 4.79 Å². The van der Waals surface area contributed by atoms with E-state index in [9.17, 15) is 9.59 Å². The molecular formula is C41H53ClN4O4. The second kappa shape index (κ2) is 19.1. The lowest BCUT2D eigenvalue weighted by molar-refractivity contribution is -0.119. The molecule has 1 aliphatic rings. The quantitative estimate of drug-likeness (QED) is 0.157. The number of rotatable bonds is 10. The van der Waals surface area contributed by atoms with E-state index < -0.39 is 11.7 Å². The van der Waals surface area contributed by atoms with Crippen LogP contribution in [0.3, 0.4) is 0 Å². The van der Waals surface area contributed by atoms with Gasteiger partial charge in [0.2, 0.25) is 5.91 Å². The molecule has 2 amide bonds. The number of anilines is 1. The lowest BCUT2D eigenvalue weighted by atomic mass is 9.93. The van der Waals surface area contributed by atoms with Gasteiger partial charge in [0, 0.05) is 28.6 Å². The Bertz CT molecular complexity index is 1630. The van der Waals surface area contributed by atoms with E-state index in [-0.39, 0.29) is 30.1 Å². The molecule has 1 saturated heterocycles. The molecule has 1 heterocycles. The first kappa shape index (κ1) is 40.0. The largest absolute Gasteiger partial charge is 0.444 e. The highest BCUT2D eigenvalue weighted by atomic mass is 35.5. The normalized spacial score (nSPS) is 13.9. The maximum atomic E-state index is 12.9. The Morgan fingerprint density at radius 3 is 1.98 bits per heavy atom. The number of carbonyl (C=O) groups excluding carboxylic acids is 2. The van der Waals surface area contributed by atoms with Gasteiger partial charge in [0.1, 0.15) is 17.6 Å². The van der Waals surface area contributed by atoms with Crippen molar-refractivity contribution in [3.8, 4) is 0 Å². The highest BCUT2D eigenvalue weighted by Crippen LogP contribution is 2.30. The molecule has 50 heavy (non-hydrogen) atoms. The first-order valence-electron chi connectivity index (χ1n) is 17.2. The monoisotopic (exact) mass is 700 g/mol. The van der Waals surface area contributed by atoms with Crippen molar-refractivity contribution in [2.24, 2.45) is 0 Å². The fourth-order valence-electron chi connectivity index (χ4n) is 5.45. The maximum absolute atomic E-state index is 12.9. The number of hydrogen-bond acceptors (Lipinski definition) is 6. The van der Waals surface area contributed by atoms with E-state index in [1.165, 1.54) is 22.3 Å². The van der Waals surface area contributed by atoms with Crippen LogP contribution in [-0.4, -0.2) is 36.1 Å². The van der Waals surface area contributed by atoms with E-state index in [0.717, 1.165) is 25.7 Å². The van der Waals surface area contributed by atoms with E-state index in [0.29, 0.717) is 34.0 Å². The minimum absolute atomic E-state index is 0.0712. The average molecular weight is 701 g/mol. The Morgan fingerprint density at radius 1 is 0.900 bits per heavy atom. The smallest absolute Gasteiger partial charge is 0.413 e. The third-order valence-corrected chi connectivity index (χ3v) is 8.29. The highest BCUT2D eigenvalue weighted by Gasteiger charge is 2.22. The van der Waals surface area contributed by atoms with Gasteiger partial charge in [-0.15, -0.1) is 0 Å². The molecule has 1 unspecified atom stereocenters. The van der Waals surface area contributed by atoms with Gasteiger partial charge in [0.05, 0.1) is 6.42 Å². The van der Waals surface area contributed by atoms with Gasteiger partial charge in [-0.3, -0.25) is 10.1 Å². The van der Waals surface area contributed by atoms with Crippen LogP contribution in [0.15, 0.2) is 89.8 Å². The van der Waals surface area contributed by atoms with Crippen molar-refractivity contribution in [3.05, 3.63) is 117 Å². The van der Waals surface area contributed by atoms with Crippen molar-refractivity contribution >= 4 is 40.6 Å². The summed E-state index contributed by atoms with van der Waals surface area (Å²) in [5.74, 6) is -0.124. The van der Waals surface area contributed by atoms with Crippen LogP contribution in [0.4, 0.5) is 10.5 Å². The number of nitrogens with one attached hydrogen (secondary N) is 4. The van der Waals surface area contributed by atoms with Crippen LogP contribution in [0.2, 0.25) is 5.02 Å². The Morgan fingerprint density at radius 2 is 1.50 bits per heavy atom. The zero-order valence-electron chi connectivity index (χ0n) is 30.8. The summed E-state index contributed by atoms with van der Waals surface area (Å²) in [5.41, 5.74) is 7.54. The molecule has 4 rings (SSSR count). The summed E-state index contributed by atoms with van der Waals surface area (Å²) in [6.45, 7) is 15.6. The van der Waals surface area contributed by atoms with Crippen LogP contribution in [0.1, 0.15) is 103 Å².